The highest BCUT2D eigenvalue weighted by molar-refractivity contribution is 5.85. The van der Waals surface area contributed by atoms with Gasteiger partial charge in [0.25, 0.3) is 0 Å². The van der Waals surface area contributed by atoms with E-state index in [-0.39, 0.29) is 24.8 Å². The fraction of sp³-hybridized carbons (Fsp3) is 0.500. The summed E-state index contributed by atoms with van der Waals surface area (Å²) in [4.78, 5) is 4.29. The van der Waals surface area contributed by atoms with Crippen LogP contribution in [0, 0.1) is 6.92 Å². The van der Waals surface area contributed by atoms with Gasteiger partial charge in [0, 0.05) is 18.3 Å². The lowest BCUT2D eigenvalue weighted by Crippen LogP contribution is -2.20. The predicted octanol–water partition coefficient (Wildman–Crippen LogP) is 1.97. The molecule has 1 aromatic heterocycles. The average Bonchev–Trinajstić information content (AvgIpc) is 2.57. The van der Waals surface area contributed by atoms with Crippen LogP contribution in [-0.2, 0) is 0 Å². The van der Waals surface area contributed by atoms with Crippen molar-refractivity contribution in [2.24, 2.45) is 0 Å². The van der Waals surface area contributed by atoms with Gasteiger partial charge in [0.05, 0.1) is 0 Å². The molecule has 0 radical (unpaired) electrons. The van der Waals surface area contributed by atoms with Crippen molar-refractivity contribution >= 4 is 24.8 Å². The van der Waals surface area contributed by atoms with E-state index < -0.39 is 0 Å². The number of aromatic nitrogens is 1. The third kappa shape index (κ3) is 4.24. The van der Waals surface area contributed by atoms with E-state index >= 15 is 0 Å². The molecule has 3 nitrogen and oxygen atoms in total. The minimum absolute atomic E-state index is 0. The van der Waals surface area contributed by atoms with Gasteiger partial charge in [-0.3, -0.25) is 0 Å². The quantitative estimate of drug-likeness (QED) is 0.872. The zero-order valence-corrected chi connectivity index (χ0v) is 10.2. The molecule has 1 atom stereocenters. The lowest BCUT2D eigenvalue weighted by Gasteiger charge is -2.11. The Bertz CT molecular complexity index is 291. The first-order valence-electron chi connectivity index (χ1n) is 4.65. The Morgan fingerprint density at radius 2 is 2.20 bits per heavy atom. The molecule has 0 saturated carbocycles. The smallest absolute Gasteiger partial charge is 0.213 e. The Hall–Kier alpha value is -0.510. The van der Waals surface area contributed by atoms with E-state index in [1.807, 2.05) is 25.1 Å². The molecule has 0 aromatic carbocycles. The number of halogens is 2. The second kappa shape index (κ2) is 6.88. The molecule has 5 heteroatoms. The van der Waals surface area contributed by atoms with E-state index in [2.05, 4.69) is 10.3 Å². The van der Waals surface area contributed by atoms with E-state index in [0.29, 0.717) is 6.10 Å². The number of nitrogens with one attached hydrogen (secondary N) is 1. The largest absolute Gasteiger partial charge is 0.473 e. The summed E-state index contributed by atoms with van der Waals surface area (Å²) >= 11 is 0. The lowest BCUT2D eigenvalue weighted by molar-refractivity contribution is 0.213. The maximum atomic E-state index is 5.68. The minimum atomic E-state index is 0. The summed E-state index contributed by atoms with van der Waals surface area (Å²) in [7, 11) is 0. The standard InChI is InChI=1S/C10H14N2O.2ClH/c1-8-3-2-4-10(12-8)13-9-5-6-11-7-9;;/h2-4,9,11H,5-7H2,1H3;2*1H. The molecule has 1 unspecified atom stereocenters. The Morgan fingerprint density at radius 1 is 1.40 bits per heavy atom. The molecule has 1 N–H and O–H groups in total. The highest BCUT2D eigenvalue weighted by Crippen LogP contribution is 2.12. The van der Waals surface area contributed by atoms with E-state index in [1.54, 1.807) is 0 Å². The van der Waals surface area contributed by atoms with Crippen LogP contribution in [-0.4, -0.2) is 24.2 Å². The average molecular weight is 251 g/mol. The van der Waals surface area contributed by atoms with Crippen molar-refractivity contribution in [3.05, 3.63) is 23.9 Å². The van der Waals surface area contributed by atoms with Crippen molar-refractivity contribution in [1.82, 2.24) is 10.3 Å². The lowest BCUT2D eigenvalue weighted by atomic mass is 10.3. The summed E-state index contributed by atoms with van der Waals surface area (Å²) in [6.45, 7) is 3.96. The molecule has 0 amide bonds. The molecule has 15 heavy (non-hydrogen) atoms. The van der Waals surface area contributed by atoms with Gasteiger partial charge in [0.2, 0.25) is 5.88 Å². The van der Waals surface area contributed by atoms with Gasteiger partial charge < -0.3 is 10.1 Å². The van der Waals surface area contributed by atoms with Gasteiger partial charge in [-0.2, -0.15) is 0 Å². The molecule has 0 spiro atoms. The van der Waals surface area contributed by atoms with Gasteiger partial charge in [0.1, 0.15) is 6.10 Å². The number of nitrogens with zero attached hydrogens (tertiary/aromatic N) is 1. The first-order valence-corrected chi connectivity index (χ1v) is 4.65. The normalized spacial score (nSPS) is 18.9. The van der Waals surface area contributed by atoms with Crippen molar-refractivity contribution in [3.8, 4) is 5.88 Å². The zero-order chi connectivity index (χ0) is 9.10. The third-order valence-corrected chi connectivity index (χ3v) is 2.17. The van der Waals surface area contributed by atoms with Crippen LogP contribution >= 0.6 is 24.8 Å². The van der Waals surface area contributed by atoms with Crippen molar-refractivity contribution in [3.63, 3.8) is 0 Å². The van der Waals surface area contributed by atoms with Crippen molar-refractivity contribution in [2.75, 3.05) is 13.1 Å². The number of hydrogen-bond acceptors (Lipinski definition) is 3. The van der Waals surface area contributed by atoms with Gasteiger partial charge in [-0.05, 0) is 26.0 Å². The summed E-state index contributed by atoms with van der Waals surface area (Å²) in [5, 5.41) is 3.25. The summed E-state index contributed by atoms with van der Waals surface area (Å²) in [6.07, 6.45) is 1.38. The number of hydrogen-bond donors (Lipinski definition) is 1. The van der Waals surface area contributed by atoms with Gasteiger partial charge in [-0.25, -0.2) is 4.98 Å². The maximum absolute atomic E-state index is 5.68. The monoisotopic (exact) mass is 250 g/mol. The van der Waals surface area contributed by atoms with Crippen molar-refractivity contribution in [1.29, 1.82) is 0 Å². The highest BCUT2D eigenvalue weighted by atomic mass is 35.5. The minimum Gasteiger partial charge on any atom is -0.473 e. The second-order valence-corrected chi connectivity index (χ2v) is 3.35. The number of ether oxygens (including phenoxy) is 1. The summed E-state index contributed by atoms with van der Waals surface area (Å²) in [5.41, 5.74) is 1.00. The van der Waals surface area contributed by atoms with E-state index in [4.69, 9.17) is 4.74 Å². The molecular formula is C10H16Cl2N2O. The van der Waals surface area contributed by atoms with Crippen LogP contribution < -0.4 is 10.1 Å². The molecule has 1 saturated heterocycles. The first kappa shape index (κ1) is 14.5. The van der Waals surface area contributed by atoms with Gasteiger partial charge in [0.15, 0.2) is 0 Å². The van der Waals surface area contributed by atoms with Crippen molar-refractivity contribution in [2.45, 2.75) is 19.4 Å². The SMILES string of the molecule is Cc1cccc(OC2CCNC2)n1.Cl.Cl. The van der Waals surface area contributed by atoms with E-state index in [0.717, 1.165) is 31.1 Å². The van der Waals surface area contributed by atoms with Gasteiger partial charge in [-0.15, -0.1) is 24.8 Å². The van der Waals surface area contributed by atoms with Crippen LogP contribution in [0.4, 0.5) is 0 Å². The van der Waals surface area contributed by atoms with Crippen molar-refractivity contribution < 1.29 is 4.74 Å². The molecule has 2 rings (SSSR count). The Morgan fingerprint density at radius 3 is 2.80 bits per heavy atom. The molecule has 1 fully saturated rings. The van der Waals surface area contributed by atoms with Crippen LogP contribution in [0.25, 0.3) is 0 Å². The Labute approximate surface area is 102 Å². The molecule has 0 aliphatic carbocycles. The second-order valence-electron chi connectivity index (χ2n) is 3.35. The van der Waals surface area contributed by atoms with Crippen LogP contribution in [0.1, 0.15) is 12.1 Å². The first-order chi connectivity index (χ1) is 6.34. The van der Waals surface area contributed by atoms with Gasteiger partial charge >= 0.3 is 0 Å². The molecule has 1 aromatic rings. The number of rotatable bonds is 2. The van der Waals surface area contributed by atoms with Crippen LogP contribution in [0.3, 0.4) is 0 Å². The topological polar surface area (TPSA) is 34.1 Å². The Balaban J connectivity index is 0.000000980. The predicted molar refractivity (Wildman–Crippen MR) is 65.4 cm³/mol. The van der Waals surface area contributed by atoms with Crippen LogP contribution in [0.5, 0.6) is 5.88 Å². The molecule has 1 aliphatic heterocycles. The maximum Gasteiger partial charge on any atom is 0.213 e. The number of aryl methyl sites for hydroxylation is 1. The summed E-state index contributed by atoms with van der Waals surface area (Å²) in [6, 6.07) is 5.85. The Kier molecular flexibility index (Phi) is 6.65. The summed E-state index contributed by atoms with van der Waals surface area (Å²) < 4.78 is 5.68. The number of pyridine rings is 1. The van der Waals surface area contributed by atoms with E-state index in [1.165, 1.54) is 0 Å². The molecule has 2 heterocycles. The molecule has 86 valence electrons. The van der Waals surface area contributed by atoms with Crippen LogP contribution in [0.2, 0.25) is 0 Å². The van der Waals surface area contributed by atoms with Gasteiger partial charge in [-0.1, -0.05) is 6.07 Å². The zero-order valence-electron chi connectivity index (χ0n) is 8.60. The summed E-state index contributed by atoms with van der Waals surface area (Å²) in [5.74, 6) is 0.744. The molecule has 0 bridgehead atoms. The fourth-order valence-electron chi connectivity index (χ4n) is 1.48. The van der Waals surface area contributed by atoms with E-state index in [9.17, 15) is 0 Å². The third-order valence-electron chi connectivity index (χ3n) is 2.17. The molecule has 1 aliphatic rings. The fourth-order valence-corrected chi connectivity index (χ4v) is 1.48. The van der Waals surface area contributed by atoms with Crippen LogP contribution in [0.15, 0.2) is 18.2 Å². The highest BCUT2D eigenvalue weighted by Gasteiger charge is 2.15. The molecular weight excluding hydrogens is 235 g/mol.